The molecule has 5 heteroatoms. The summed E-state index contributed by atoms with van der Waals surface area (Å²) in [5.41, 5.74) is 1.56. The number of nitrogens with zero attached hydrogens (tertiary/aromatic N) is 1. The minimum absolute atomic E-state index is 0.0480. The van der Waals surface area contributed by atoms with E-state index in [1.807, 2.05) is 18.4 Å². The molecule has 0 radical (unpaired) electrons. The van der Waals surface area contributed by atoms with Gasteiger partial charge in [0.15, 0.2) is 12.2 Å². The summed E-state index contributed by atoms with van der Waals surface area (Å²) in [6, 6.07) is 7.27. The molecule has 1 aromatic carbocycles. The molecule has 0 spiro atoms. The molecule has 1 amide bonds. The number of benzene rings is 1. The molecule has 2 rings (SSSR count). The van der Waals surface area contributed by atoms with Crippen LogP contribution in [0.15, 0.2) is 41.3 Å². The molecule has 0 aliphatic rings. The number of rotatable bonds is 5. The lowest BCUT2D eigenvalue weighted by Gasteiger charge is -2.04. The Labute approximate surface area is 110 Å². The molecule has 1 N–H and O–H groups in total. The lowest BCUT2D eigenvalue weighted by molar-refractivity contribution is 0.0956. The highest BCUT2D eigenvalue weighted by Crippen LogP contribution is 2.18. The molecule has 94 valence electrons. The summed E-state index contributed by atoms with van der Waals surface area (Å²) in [5.74, 6) is 1.57. The Hall–Kier alpha value is -1.75. The zero-order valence-corrected chi connectivity index (χ0v) is 10.9. The second-order valence-corrected chi connectivity index (χ2v) is 4.68. The van der Waals surface area contributed by atoms with Crippen molar-refractivity contribution in [2.75, 3.05) is 18.6 Å². The van der Waals surface area contributed by atoms with Gasteiger partial charge in [0.2, 0.25) is 0 Å². The molecule has 0 saturated carbocycles. The number of aromatic nitrogens is 1. The number of amides is 1. The van der Waals surface area contributed by atoms with Crippen LogP contribution < -0.4 is 5.32 Å². The third kappa shape index (κ3) is 3.13. The molecule has 0 unspecified atom stereocenters. The van der Waals surface area contributed by atoms with Gasteiger partial charge in [-0.05, 0) is 18.4 Å². The van der Waals surface area contributed by atoms with Crippen molar-refractivity contribution in [3.8, 4) is 11.3 Å². The first-order valence-corrected chi connectivity index (χ1v) is 6.96. The fraction of sp³-hybridized carbons (Fsp3) is 0.231. The second kappa shape index (κ2) is 6.26. The number of carbonyl (C=O) groups excluding carboxylic acids is 1. The van der Waals surface area contributed by atoms with Gasteiger partial charge in [-0.15, -0.1) is 0 Å². The van der Waals surface area contributed by atoms with Crippen molar-refractivity contribution in [2.45, 2.75) is 0 Å². The number of thioether (sulfide) groups is 1. The van der Waals surface area contributed by atoms with E-state index in [4.69, 9.17) is 4.42 Å². The normalized spacial score (nSPS) is 10.3. The molecule has 0 fully saturated rings. The summed E-state index contributed by atoms with van der Waals surface area (Å²) in [6.07, 6.45) is 5.05. The number of nitrogens with one attached hydrogen (secondary N) is 1. The van der Waals surface area contributed by atoms with Gasteiger partial charge in [0.1, 0.15) is 0 Å². The van der Waals surface area contributed by atoms with Crippen LogP contribution in [-0.4, -0.2) is 29.4 Å². The van der Waals surface area contributed by atoms with E-state index in [9.17, 15) is 4.79 Å². The Bertz CT molecular complexity index is 494. The lowest BCUT2D eigenvalue weighted by Crippen LogP contribution is -2.25. The van der Waals surface area contributed by atoms with Gasteiger partial charge in [0.05, 0.1) is 6.20 Å². The monoisotopic (exact) mass is 262 g/mol. The molecule has 0 saturated heterocycles. The van der Waals surface area contributed by atoms with E-state index in [0.29, 0.717) is 17.9 Å². The van der Waals surface area contributed by atoms with E-state index in [1.54, 1.807) is 30.1 Å². The van der Waals surface area contributed by atoms with Crippen LogP contribution in [0.4, 0.5) is 0 Å². The Morgan fingerprint density at radius 3 is 2.78 bits per heavy atom. The van der Waals surface area contributed by atoms with Crippen molar-refractivity contribution in [3.05, 3.63) is 42.4 Å². The van der Waals surface area contributed by atoms with Gasteiger partial charge in [0.25, 0.3) is 5.91 Å². The van der Waals surface area contributed by atoms with Crippen LogP contribution in [0.25, 0.3) is 11.3 Å². The molecule has 0 atom stereocenters. The summed E-state index contributed by atoms with van der Waals surface area (Å²) in [7, 11) is 0. The van der Waals surface area contributed by atoms with Crippen molar-refractivity contribution in [1.29, 1.82) is 0 Å². The van der Waals surface area contributed by atoms with Gasteiger partial charge >= 0.3 is 0 Å². The number of oxazole rings is 1. The van der Waals surface area contributed by atoms with Gasteiger partial charge in [-0.3, -0.25) is 4.79 Å². The quantitative estimate of drug-likeness (QED) is 0.841. The van der Waals surface area contributed by atoms with E-state index in [1.165, 1.54) is 6.39 Å². The van der Waals surface area contributed by atoms with Crippen LogP contribution >= 0.6 is 11.8 Å². The molecular weight excluding hydrogens is 248 g/mol. The Balaban J connectivity index is 2.01. The summed E-state index contributed by atoms with van der Waals surface area (Å²) >= 11 is 1.71. The average molecular weight is 262 g/mol. The predicted molar refractivity (Wildman–Crippen MR) is 72.7 cm³/mol. The van der Waals surface area contributed by atoms with Crippen molar-refractivity contribution in [1.82, 2.24) is 10.3 Å². The van der Waals surface area contributed by atoms with Crippen molar-refractivity contribution in [3.63, 3.8) is 0 Å². The maximum absolute atomic E-state index is 11.8. The second-order valence-electron chi connectivity index (χ2n) is 3.69. The Morgan fingerprint density at radius 2 is 2.17 bits per heavy atom. The summed E-state index contributed by atoms with van der Waals surface area (Å²) in [4.78, 5) is 15.6. The maximum atomic E-state index is 11.8. The van der Waals surface area contributed by atoms with Gasteiger partial charge in [-0.1, -0.05) is 12.1 Å². The van der Waals surface area contributed by atoms with E-state index >= 15 is 0 Å². The van der Waals surface area contributed by atoms with Crippen LogP contribution in [0, 0.1) is 0 Å². The molecule has 1 aromatic heterocycles. The molecular formula is C13H14N2O2S. The lowest BCUT2D eigenvalue weighted by atomic mass is 10.1. The molecule has 0 bridgehead atoms. The van der Waals surface area contributed by atoms with Crippen LogP contribution in [0.2, 0.25) is 0 Å². The van der Waals surface area contributed by atoms with Gasteiger partial charge in [0, 0.05) is 23.4 Å². The summed E-state index contributed by atoms with van der Waals surface area (Å²) in [6.45, 7) is 0.684. The number of carbonyl (C=O) groups is 1. The fourth-order valence-corrected chi connectivity index (χ4v) is 1.82. The first-order chi connectivity index (χ1) is 8.81. The zero-order chi connectivity index (χ0) is 12.8. The van der Waals surface area contributed by atoms with E-state index in [2.05, 4.69) is 10.3 Å². The van der Waals surface area contributed by atoms with Crippen LogP contribution in [0.1, 0.15) is 10.4 Å². The SMILES string of the molecule is CSCCNC(=O)c1ccc(-c2cnco2)cc1. The number of hydrogen-bond acceptors (Lipinski definition) is 4. The Morgan fingerprint density at radius 1 is 1.39 bits per heavy atom. The van der Waals surface area contributed by atoms with E-state index in [0.717, 1.165) is 11.3 Å². The zero-order valence-electron chi connectivity index (χ0n) is 10.1. The topological polar surface area (TPSA) is 55.1 Å². The smallest absolute Gasteiger partial charge is 0.251 e. The highest BCUT2D eigenvalue weighted by Gasteiger charge is 2.06. The predicted octanol–water partition coefficient (Wildman–Crippen LogP) is 2.43. The van der Waals surface area contributed by atoms with Crippen LogP contribution in [-0.2, 0) is 0 Å². The van der Waals surface area contributed by atoms with Crippen molar-refractivity contribution >= 4 is 17.7 Å². The first kappa shape index (κ1) is 12.7. The fourth-order valence-electron chi connectivity index (χ4n) is 1.51. The summed E-state index contributed by atoms with van der Waals surface area (Å²) < 4.78 is 5.18. The van der Waals surface area contributed by atoms with Crippen molar-refractivity contribution in [2.24, 2.45) is 0 Å². The van der Waals surface area contributed by atoms with Gasteiger partial charge in [-0.25, -0.2) is 4.98 Å². The average Bonchev–Trinajstić information content (AvgIpc) is 2.93. The highest BCUT2D eigenvalue weighted by molar-refractivity contribution is 7.98. The van der Waals surface area contributed by atoms with E-state index < -0.39 is 0 Å². The van der Waals surface area contributed by atoms with Crippen LogP contribution in [0.3, 0.4) is 0 Å². The molecule has 0 aliphatic heterocycles. The minimum Gasteiger partial charge on any atom is -0.444 e. The standard InChI is InChI=1S/C13H14N2O2S/c1-18-7-6-15-13(16)11-4-2-10(3-5-11)12-8-14-9-17-12/h2-5,8-9H,6-7H2,1H3,(H,15,16). The molecule has 2 aromatic rings. The highest BCUT2D eigenvalue weighted by atomic mass is 32.2. The molecule has 4 nitrogen and oxygen atoms in total. The van der Waals surface area contributed by atoms with E-state index in [-0.39, 0.29) is 5.91 Å². The first-order valence-electron chi connectivity index (χ1n) is 5.57. The summed E-state index contributed by atoms with van der Waals surface area (Å²) in [5, 5.41) is 2.86. The molecule has 0 aliphatic carbocycles. The maximum Gasteiger partial charge on any atom is 0.251 e. The third-order valence-electron chi connectivity index (χ3n) is 2.46. The minimum atomic E-state index is -0.0480. The molecule has 18 heavy (non-hydrogen) atoms. The number of hydrogen-bond donors (Lipinski definition) is 1. The van der Waals surface area contributed by atoms with Gasteiger partial charge < -0.3 is 9.73 Å². The Kier molecular flexibility index (Phi) is 4.41. The molecule has 1 heterocycles. The third-order valence-corrected chi connectivity index (χ3v) is 3.07. The van der Waals surface area contributed by atoms with Gasteiger partial charge in [-0.2, -0.15) is 11.8 Å². The largest absolute Gasteiger partial charge is 0.444 e. The van der Waals surface area contributed by atoms with Crippen LogP contribution in [0.5, 0.6) is 0 Å². The van der Waals surface area contributed by atoms with Crippen molar-refractivity contribution < 1.29 is 9.21 Å².